The summed E-state index contributed by atoms with van der Waals surface area (Å²) in [5.41, 5.74) is 6.76. The molecule has 0 aliphatic carbocycles. The lowest BCUT2D eigenvalue weighted by Crippen LogP contribution is -2.49. The van der Waals surface area contributed by atoms with Crippen molar-refractivity contribution >= 4 is 5.91 Å². The second-order valence-corrected chi connectivity index (χ2v) is 5.72. The van der Waals surface area contributed by atoms with Crippen molar-refractivity contribution < 1.29 is 4.79 Å². The van der Waals surface area contributed by atoms with E-state index in [9.17, 15) is 9.59 Å². The fourth-order valence-electron chi connectivity index (χ4n) is 1.82. The molecule has 1 aromatic carbocycles. The quantitative estimate of drug-likeness (QED) is 0.781. The Morgan fingerprint density at radius 2 is 1.95 bits per heavy atom. The van der Waals surface area contributed by atoms with E-state index in [2.05, 4.69) is 10.4 Å². The lowest BCUT2D eigenvalue weighted by Gasteiger charge is -2.23. The van der Waals surface area contributed by atoms with Gasteiger partial charge < -0.3 is 11.1 Å². The Kier molecular flexibility index (Phi) is 3.99. The van der Waals surface area contributed by atoms with Crippen LogP contribution in [-0.2, 0) is 0 Å². The number of aromatic amines is 1. The zero-order valence-corrected chi connectivity index (χ0v) is 12.4. The highest BCUT2D eigenvalue weighted by molar-refractivity contribution is 5.92. The molecule has 2 aromatic rings. The van der Waals surface area contributed by atoms with E-state index in [1.807, 2.05) is 45.0 Å². The summed E-state index contributed by atoms with van der Waals surface area (Å²) in [5.74, 6) is -0.353. The highest BCUT2D eigenvalue weighted by atomic mass is 16.2. The Morgan fingerprint density at radius 1 is 1.33 bits per heavy atom. The summed E-state index contributed by atoms with van der Waals surface area (Å²) < 4.78 is 1.34. The number of benzene rings is 1. The van der Waals surface area contributed by atoms with Crippen molar-refractivity contribution in [3.8, 4) is 5.69 Å². The van der Waals surface area contributed by atoms with Crippen LogP contribution in [-0.4, -0.2) is 27.8 Å². The number of nitrogens with zero attached hydrogens (tertiary/aromatic N) is 1. The van der Waals surface area contributed by atoms with Crippen molar-refractivity contribution in [2.75, 3.05) is 6.54 Å². The van der Waals surface area contributed by atoms with E-state index < -0.39 is 5.54 Å². The number of aromatic nitrogens is 2. The van der Waals surface area contributed by atoms with Crippen molar-refractivity contribution in [2.24, 2.45) is 5.73 Å². The van der Waals surface area contributed by atoms with Gasteiger partial charge in [-0.2, -0.15) is 0 Å². The van der Waals surface area contributed by atoms with Crippen LogP contribution in [0.15, 0.2) is 35.1 Å². The summed E-state index contributed by atoms with van der Waals surface area (Å²) in [6, 6.07) is 8.72. The first-order chi connectivity index (χ1) is 9.82. The monoisotopic (exact) mass is 288 g/mol. The first-order valence-electron chi connectivity index (χ1n) is 6.74. The minimum absolute atomic E-state index is 0.210. The number of hydrogen-bond acceptors (Lipinski definition) is 3. The topological polar surface area (TPSA) is 92.9 Å². The van der Waals surface area contributed by atoms with Crippen LogP contribution in [0.25, 0.3) is 5.69 Å². The van der Waals surface area contributed by atoms with Crippen molar-refractivity contribution in [1.29, 1.82) is 0 Å². The van der Waals surface area contributed by atoms with Gasteiger partial charge in [-0.1, -0.05) is 17.7 Å². The summed E-state index contributed by atoms with van der Waals surface area (Å²) in [7, 11) is 0. The second-order valence-electron chi connectivity index (χ2n) is 5.72. The summed E-state index contributed by atoms with van der Waals surface area (Å²) in [6.07, 6.45) is 0. The molecule has 6 nitrogen and oxygen atoms in total. The van der Waals surface area contributed by atoms with Gasteiger partial charge in [0.1, 0.15) is 5.69 Å². The van der Waals surface area contributed by atoms with E-state index in [-0.39, 0.29) is 17.2 Å². The van der Waals surface area contributed by atoms with Crippen LogP contribution in [0.5, 0.6) is 0 Å². The van der Waals surface area contributed by atoms with Crippen LogP contribution in [0.1, 0.15) is 29.9 Å². The number of amides is 1. The molecule has 112 valence electrons. The van der Waals surface area contributed by atoms with Gasteiger partial charge in [0, 0.05) is 18.2 Å². The van der Waals surface area contributed by atoms with Crippen molar-refractivity contribution in [2.45, 2.75) is 26.3 Å². The fraction of sp³-hybridized carbons (Fsp3) is 0.333. The molecule has 0 saturated carbocycles. The molecule has 0 atom stereocenters. The van der Waals surface area contributed by atoms with Gasteiger partial charge in [0.25, 0.3) is 11.5 Å². The molecule has 6 heteroatoms. The van der Waals surface area contributed by atoms with Crippen LogP contribution in [0.2, 0.25) is 0 Å². The van der Waals surface area contributed by atoms with Gasteiger partial charge in [0.05, 0.1) is 5.69 Å². The minimum Gasteiger partial charge on any atom is -0.345 e. The molecule has 1 heterocycles. The van der Waals surface area contributed by atoms with Crippen LogP contribution in [0, 0.1) is 6.92 Å². The molecule has 0 aliphatic heterocycles. The molecule has 2 rings (SSSR count). The Hall–Kier alpha value is -2.34. The lowest BCUT2D eigenvalue weighted by atomic mass is 10.1. The molecule has 1 aromatic heterocycles. The summed E-state index contributed by atoms with van der Waals surface area (Å²) in [6.45, 7) is 5.91. The average Bonchev–Trinajstić information content (AvgIpc) is 2.81. The van der Waals surface area contributed by atoms with Crippen LogP contribution < -0.4 is 16.6 Å². The van der Waals surface area contributed by atoms with Gasteiger partial charge in [-0.05, 0) is 32.9 Å². The number of rotatable bonds is 4. The average molecular weight is 288 g/mol. The van der Waals surface area contributed by atoms with Gasteiger partial charge >= 0.3 is 0 Å². The van der Waals surface area contributed by atoms with Gasteiger partial charge in [0.15, 0.2) is 0 Å². The van der Waals surface area contributed by atoms with Crippen LogP contribution in [0.4, 0.5) is 0 Å². The first-order valence-corrected chi connectivity index (χ1v) is 6.74. The molecule has 0 radical (unpaired) electrons. The third kappa shape index (κ3) is 3.41. The third-order valence-electron chi connectivity index (χ3n) is 3.22. The second kappa shape index (κ2) is 5.57. The van der Waals surface area contributed by atoms with Gasteiger partial charge in [-0.25, -0.2) is 4.68 Å². The Bertz CT molecular complexity index is 695. The number of carbonyl (C=O) groups is 1. The number of carbonyl (C=O) groups excluding carboxylic acids is 1. The molecular formula is C15H20N4O2. The smallest absolute Gasteiger partial charge is 0.271 e. The molecule has 0 saturated heterocycles. The first kappa shape index (κ1) is 15.1. The standard InChI is InChI=1S/C15H20N4O2/c1-10-4-6-11(7-5-10)19-13(20)8-12(18-19)14(21)17-15(2,3)9-16/h4-8,18H,9,16H2,1-3H3,(H,17,21). The van der Waals surface area contributed by atoms with E-state index in [4.69, 9.17) is 5.73 Å². The molecule has 0 spiro atoms. The molecule has 0 unspecified atom stereocenters. The molecule has 0 bridgehead atoms. The highest BCUT2D eigenvalue weighted by Crippen LogP contribution is 2.07. The summed E-state index contributed by atoms with van der Waals surface area (Å²) >= 11 is 0. The van der Waals surface area contributed by atoms with E-state index in [0.29, 0.717) is 12.2 Å². The zero-order chi connectivity index (χ0) is 15.6. The van der Waals surface area contributed by atoms with E-state index in [1.165, 1.54) is 10.7 Å². The van der Waals surface area contributed by atoms with Crippen LogP contribution >= 0.6 is 0 Å². The summed E-state index contributed by atoms with van der Waals surface area (Å²) in [4.78, 5) is 24.1. The Morgan fingerprint density at radius 3 is 2.52 bits per heavy atom. The predicted molar refractivity (Wildman–Crippen MR) is 81.7 cm³/mol. The SMILES string of the molecule is Cc1ccc(-n2[nH]c(C(=O)NC(C)(C)CN)cc2=O)cc1. The number of nitrogens with one attached hydrogen (secondary N) is 2. The fourth-order valence-corrected chi connectivity index (χ4v) is 1.82. The predicted octanol–water partition coefficient (Wildman–Crippen LogP) is 0.941. The highest BCUT2D eigenvalue weighted by Gasteiger charge is 2.21. The largest absolute Gasteiger partial charge is 0.345 e. The Labute approximate surface area is 122 Å². The third-order valence-corrected chi connectivity index (χ3v) is 3.22. The van der Waals surface area contributed by atoms with Crippen molar-refractivity contribution in [1.82, 2.24) is 15.1 Å². The normalized spacial score (nSPS) is 11.4. The number of hydrogen-bond donors (Lipinski definition) is 3. The Balaban J connectivity index is 2.29. The van der Waals surface area contributed by atoms with Crippen molar-refractivity contribution in [3.63, 3.8) is 0 Å². The number of aryl methyl sites for hydroxylation is 1. The lowest BCUT2D eigenvalue weighted by molar-refractivity contribution is 0.0910. The van der Waals surface area contributed by atoms with E-state index in [1.54, 1.807) is 0 Å². The zero-order valence-electron chi connectivity index (χ0n) is 12.4. The number of nitrogens with two attached hydrogens (primary N) is 1. The molecule has 0 aliphatic rings. The minimum atomic E-state index is -0.528. The molecular weight excluding hydrogens is 268 g/mol. The van der Waals surface area contributed by atoms with Gasteiger partial charge in [-0.15, -0.1) is 0 Å². The van der Waals surface area contributed by atoms with Gasteiger partial charge in [0.2, 0.25) is 0 Å². The van der Waals surface area contributed by atoms with E-state index >= 15 is 0 Å². The van der Waals surface area contributed by atoms with Crippen LogP contribution in [0.3, 0.4) is 0 Å². The summed E-state index contributed by atoms with van der Waals surface area (Å²) in [5, 5.41) is 5.59. The molecule has 1 amide bonds. The molecule has 0 fully saturated rings. The molecule has 4 N–H and O–H groups in total. The maximum absolute atomic E-state index is 12.1. The maximum Gasteiger partial charge on any atom is 0.271 e. The van der Waals surface area contributed by atoms with Gasteiger partial charge in [-0.3, -0.25) is 14.7 Å². The number of H-pyrrole nitrogens is 1. The maximum atomic E-state index is 12.1. The van der Waals surface area contributed by atoms with Crippen molar-refractivity contribution in [3.05, 3.63) is 51.9 Å². The molecule has 21 heavy (non-hydrogen) atoms. The van der Waals surface area contributed by atoms with E-state index in [0.717, 1.165) is 5.56 Å².